The van der Waals surface area contributed by atoms with E-state index in [0.29, 0.717) is 15.6 Å². The van der Waals surface area contributed by atoms with E-state index >= 15 is 0 Å². The molecule has 0 aliphatic rings. The van der Waals surface area contributed by atoms with Crippen LogP contribution in [0.5, 0.6) is 0 Å². The van der Waals surface area contributed by atoms with Gasteiger partial charge in [0.25, 0.3) is 5.24 Å². The van der Waals surface area contributed by atoms with Gasteiger partial charge in [-0.05, 0) is 35.7 Å². The Bertz CT molecular complexity index is 404. The minimum atomic E-state index is -0.904. The van der Waals surface area contributed by atoms with Crippen molar-refractivity contribution < 1.29 is 14.7 Å². The van der Waals surface area contributed by atoms with Crippen molar-refractivity contribution in [3.05, 3.63) is 33.8 Å². The highest BCUT2D eigenvalue weighted by Gasteiger charge is 2.12. The van der Waals surface area contributed by atoms with Gasteiger partial charge in [-0.2, -0.15) is 0 Å². The molecular formula is C10H8BrClO3. The van der Waals surface area contributed by atoms with E-state index < -0.39 is 11.2 Å². The van der Waals surface area contributed by atoms with E-state index in [1.807, 2.05) is 0 Å². The molecule has 0 amide bonds. The van der Waals surface area contributed by atoms with Gasteiger partial charge in [0.2, 0.25) is 0 Å². The minimum Gasteiger partial charge on any atom is -0.481 e. The van der Waals surface area contributed by atoms with Gasteiger partial charge in [0.05, 0.1) is 0 Å². The number of carboxylic acid groups (broad SMARTS) is 1. The van der Waals surface area contributed by atoms with Gasteiger partial charge >= 0.3 is 5.97 Å². The average molecular weight is 292 g/mol. The summed E-state index contributed by atoms with van der Waals surface area (Å²) in [5.41, 5.74) is 0.993. The zero-order valence-corrected chi connectivity index (χ0v) is 10.0. The monoisotopic (exact) mass is 290 g/mol. The Morgan fingerprint density at radius 3 is 2.60 bits per heavy atom. The highest BCUT2D eigenvalue weighted by molar-refractivity contribution is 9.10. The Hall–Kier alpha value is -0.870. The zero-order valence-electron chi connectivity index (χ0n) is 7.67. The Balaban J connectivity index is 3.02. The van der Waals surface area contributed by atoms with E-state index in [2.05, 4.69) is 15.9 Å². The van der Waals surface area contributed by atoms with Crippen LogP contribution in [0.25, 0.3) is 0 Å². The summed E-state index contributed by atoms with van der Waals surface area (Å²) in [5.74, 6) is -0.904. The highest BCUT2D eigenvalue weighted by atomic mass is 79.9. The number of hydrogen-bond donors (Lipinski definition) is 1. The van der Waals surface area contributed by atoms with Gasteiger partial charge in [-0.1, -0.05) is 22.0 Å². The molecule has 80 valence electrons. The molecule has 0 saturated carbocycles. The maximum atomic E-state index is 11.1. The molecule has 1 aromatic rings. The Kier molecular flexibility index (Phi) is 4.29. The van der Waals surface area contributed by atoms with E-state index in [1.54, 1.807) is 18.2 Å². The van der Waals surface area contributed by atoms with Crippen LogP contribution in [0.2, 0.25) is 0 Å². The average Bonchev–Trinajstić information content (AvgIpc) is 2.15. The number of carboxylic acids is 1. The molecule has 0 heterocycles. The SMILES string of the molecule is O=C(O)CCc1c(Br)cccc1C(=O)Cl. The molecular weight excluding hydrogens is 283 g/mol. The van der Waals surface area contributed by atoms with Gasteiger partial charge in [0.1, 0.15) is 0 Å². The van der Waals surface area contributed by atoms with Crippen LogP contribution in [0.3, 0.4) is 0 Å². The van der Waals surface area contributed by atoms with Gasteiger partial charge in [-0.3, -0.25) is 9.59 Å². The van der Waals surface area contributed by atoms with E-state index in [-0.39, 0.29) is 12.8 Å². The molecule has 0 spiro atoms. The number of benzene rings is 1. The van der Waals surface area contributed by atoms with Crippen molar-refractivity contribution in [2.75, 3.05) is 0 Å². The van der Waals surface area contributed by atoms with E-state index in [0.717, 1.165) is 0 Å². The van der Waals surface area contributed by atoms with E-state index in [9.17, 15) is 9.59 Å². The first-order chi connectivity index (χ1) is 7.02. The number of rotatable bonds is 4. The minimum absolute atomic E-state index is 0.0280. The lowest BCUT2D eigenvalue weighted by molar-refractivity contribution is -0.136. The molecule has 3 nitrogen and oxygen atoms in total. The fourth-order valence-electron chi connectivity index (χ4n) is 1.23. The molecule has 1 N–H and O–H groups in total. The lowest BCUT2D eigenvalue weighted by atomic mass is 10.0. The van der Waals surface area contributed by atoms with Crippen LogP contribution in [0.4, 0.5) is 0 Å². The van der Waals surface area contributed by atoms with Gasteiger partial charge in [0, 0.05) is 16.5 Å². The predicted molar refractivity (Wildman–Crippen MR) is 60.3 cm³/mol. The fourth-order valence-corrected chi connectivity index (χ4v) is 1.97. The topological polar surface area (TPSA) is 54.4 Å². The Morgan fingerprint density at radius 2 is 2.07 bits per heavy atom. The fraction of sp³-hybridized carbons (Fsp3) is 0.200. The van der Waals surface area contributed by atoms with Crippen LogP contribution in [0.1, 0.15) is 22.3 Å². The molecule has 0 unspecified atom stereocenters. The lowest BCUT2D eigenvalue weighted by Crippen LogP contribution is -2.03. The second-order valence-corrected chi connectivity index (χ2v) is 4.13. The first kappa shape index (κ1) is 12.2. The molecule has 1 rings (SSSR count). The second-order valence-electron chi connectivity index (χ2n) is 2.93. The summed E-state index contributed by atoms with van der Waals surface area (Å²) in [6, 6.07) is 5.02. The summed E-state index contributed by atoms with van der Waals surface area (Å²) in [6.07, 6.45) is 0.254. The standard InChI is InChI=1S/C10H8BrClO3/c11-8-3-1-2-7(10(12)15)6(8)4-5-9(13)14/h1-3H,4-5H2,(H,13,14). The second kappa shape index (κ2) is 5.28. The molecule has 0 bridgehead atoms. The highest BCUT2D eigenvalue weighted by Crippen LogP contribution is 2.23. The molecule has 0 atom stereocenters. The number of halogens is 2. The summed E-state index contributed by atoms with van der Waals surface area (Å²) in [4.78, 5) is 21.5. The molecule has 5 heteroatoms. The normalized spacial score (nSPS) is 10.0. The van der Waals surface area contributed by atoms with Crippen LogP contribution in [0.15, 0.2) is 22.7 Å². The molecule has 0 fully saturated rings. The van der Waals surface area contributed by atoms with Crippen LogP contribution < -0.4 is 0 Å². The quantitative estimate of drug-likeness (QED) is 0.868. The third kappa shape index (κ3) is 3.32. The molecule has 0 aromatic heterocycles. The van der Waals surface area contributed by atoms with Crippen molar-refractivity contribution >= 4 is 38.7 Å². The zero-order chi connectivity index (χ0) is 11.4. The van der Waals surface area contributed by atoms with Crippen LogP contribution in [-0.4, -0.2) is 16.3 Å². The number of aliphatic carboxylic acids is 1. The van der Waals surface area contributed by atoms with Crippen molar-refractivity contribution in [2.24, 2.45) is 0 Å². The van der Waals surface area contributed by atoms with Crippen molar-refractivity contribution in [1.29, 1.82) is 0 Å². The van der Waals surface area contributed by atoms with Gasteiger partial charge in [-0.25, -0.2) is 0 Å². The molecule has 0 saturated heterocycles. The third-order valence-corrected chi connectivity index (χ3v) is 2.87. The van der Waals surface area contributed by atoms with Crippen LogP contribution in [-0.2, 0) is 11.2 Å². The van der Waals surface area contributed by atoms with Gasteiger partial charge in [0.15, 0.2) is 0 Å². The van der Waals surface area contributed by atoms with Crippen molar-refractivity contribution in [1.82, 2.24) is 0 Å². The van der Waals surface area contributed by atoms with Crippen molar-refractivity contribution in [3.63, 3.8) is 0 Å². The lowest BCUT2D eigenvalue weighted by Gasteiger charge is -2.06. The maximum absolute atomic E-state index is 11.1. The van der Waals surface area contributed by atoms with Gasteiger partial charge in [-0.15, -0.1) is 0 Å². The summed E-state index contributed by atoms with van der Waals surface area (Å²) in [6.45, 7) is 0. The van der Waals surface area contributed by atoms with Crippen molar-refractivity contribution in [2.45, 2.75) is 12.8 Å². The van der Waals surface area contributed by atoms with Crippen molar-refractivity contribution in [3.8, 4) is 0 Å². The summed E-state index contributed by atoms with van der Waals surface area (Å²) >= 11 is 8.65. The molecule has 0 aliphatic heterocycles. The molecule has 0 aliphatic carbocycles. The summed E-state index contributed by atoms with van der Waals surface area (Å²) in [7, 11) is 0. The molecule has 15 heavy (non-hydrogen) atoms. The summed E-state index contributed by atoms with van der Waals surface area (Å²) in [5, 5.41) is 7.99. The first-order valence-corrected chi connectivity index (χ1v) is 5.38. The largest absolute Gasteiger partial charge is 0.481 e. The Labute approximate surface area is 100 Å². The number of carbonyl (C=O) groups is 2. The van der Waals surface area contributed by atoms with Crippen LogP contribution >= 0.6 is 27.5 Å². The van der Waals surface area contributed by atoms with E-state index in [1.165, 1.54) is 0 Å². The maximum Gasteiger partial charge on any atom is 0.303 e. The predicted octanol–water partition coefficient (Wildman–Crippen LogP) is 2.85. The third-order valence-electron chi connectivity index (χ3n) is 1.92. The molecule has 0 radical (unpaired) electrons. The smallest absolute Gasteiger partial charge is 0.303 e. The van der Waals surface area contributed by atoms with Crippen LogP contribution in [0, 0.1) is 0 Å². The number of carbonyl (C=O) groups excluding carboxylic acids is 1. The first-order valence-electron chi connectivity index (χ1n) is 4.21. The number of hydrogen-bond acceptors (Lipinski definition) is 2. The summed E-state index contributed by atoms with van der Waals surface area (Å²) < 4.78 is 0.704. The van der Waals surface area contributed by atoms with Gasteiger partial charge < -0.3 is 5.11 Å². The molecule has 1 aromatic carbocycles. The Morgan fingerprint density at radius 1 is 1.40 bits per heavy atom. The van der Waals surface area contributed by atoms with E-state index in [4.69, 9.17) is 16.7 Å².